The molecule has 6 nitrogen and oxygen atoms in total. The third-order valence-electron chi connectivity index (χ3n) is 2.66. The van der Waals surface area contributed by atoms with Crippen LogP contribution in [0.1, 0.15) is 39.0 Å². The summed E-state index contributed by atoms with van der Waals surface area (Å²) in [4.78, 5) is 26.9. The van der Waals surface area contributed by atoms with E-state index in [2.05, 4.69) is 26.2 Å². The van der Waals surface area contributed by atoms with E-state index >= 15 is 0 Å². The average Bonchev–Trinajstić information content (AvgIpc) is 2.95. The summed E-state index contributed by atoms with van der Waals surface area (Å²) in [5.41, 5.74) is 0.506. The molecule has 0 aromatic carbocycles. The van der Waals surface area contributed by atoms with Crippen LogP contribution in [0.25, 0.3) is 0 Å². The van der Waals surface area contributed by atoms with E-state index in [0.717, 1.165) is 4.47 Å². The Morgan fingerprint density at radius 2 is 2.25 bits per heavy atom. The highest BCUT2D eigenvalue weighted by Crippen LogP contribution is 2.19. The molecule has 0 aliphatic carbocycles. The fourth-order valence-corrected chi connectivity index (χ4v) is 2.99. The van der Waals surface area contributed by atoms with Gasteiger partial charge in [0.1, 0.15) is 10.7 Å². The number of thiazole rings is 1. The minimum Gasteiger partial charge on any atom is -0.476 e. The van der Waals surface area contributed by atoms with Gasteiger partial charge >= 0.3 is 5.97 Å². The number of hydrogen-bond acceptors (Lipinski definition) is 4. The lowest BCUT2D eigenvalue weighted by Gasteiger charge is -2.11. The van der Waals surface area contributed by atoms with Crippen molar-refractivity contribution in [3.63, 3.8) is 0 Å². The van der Waals surface area contributed by atoms with E-state index in [1.165, 1.54) is 16.7 Å². The van der Waals surface area contributed by atoms with Crippen molar-refractivity contribution in [2.24, 2.45) is 7.05 Å². The number of rotatable bonds is 4. The molecule has 20 heavy (non-hydrogen) atoms. The summed E-state index contributed by atoms with van der Waals surface area (Å²) < 4.78 is 2.52. The summed E-state index contributed by atoms with van der Waals surface area (Å²) in [6, 6.07) is 1.36. The lowest BCUT2D eigenvalue weighted by Crippen LogP contribution is -2.28. The molecule has 2 aromatic rings. The van der Waals surface area contributed by atoms with Gasteiger partial charge in [-0.05, 0) is 28.9 Å². The molecule has 0 saturated carbocycles. The van der Waals surface area contributed by atoms with Gasteiger partial charge in [-0.3, -0.25) is 4.79 Å². The van der Waals surface area contributed by atoms with Gasteiger partial charge in [-0.2, -0.15) is 0 Å². The Labute approximate surface area is 127 Å². The Bertz CT molecular complexity index is 665. The Morgan fingerprint density at radius 1 is 1.55 bits per heavy atom. The summed E-state index contributed by atoms with van der Waals surface area (Å²) in [6.07, 6.45) is 1.78. The van der Waals surface area contributed by atoms with Crippen LogP contribution in [0.5, 0.6) is 0 Å². The van der Waals surface area contributed by atoms with E-state index in [1.54, 1.807) is 30.8 Å². The van der Waals surface area contributed by atoms with Gasteiger partial charge in [0.2, 0.25) is 0 Å². The highest BCUT2D eigenvalue weighted by atomic mass is 79.9. The first-order valence-corrected chi connectivity index (χ1v) is 7.37. The van der Waals surface area contributed by atoms with Crippen LogP contribution < -0.4 is 5.32 Å². The highest BCUT2D eigenvalue weighted by molar-refractivity contribution is 9.10. The van der Waals surface area contributed by atoms with Gasteiger partial charge in [0.05, 0.1) is 6.04 Å². The molecule has 2 aromatic heterocycles. The van der Waals surface area contributed by atoms with E-state index in [4.69, 9.17) is 5.11 Å². The van der Waals surface area contributed by atoms with Crippen LogP contribution in [0.3, 0.4) is 0 Å². The van der Waals surface area contributed by atoms with Crippen molar-refractivity contribution >= 4 is 39.1 Å². The Kier molecular flexibility index (Phi) is 4.24. The first kappa shape index (κ1) is 14.7. The number of aryl methyl sites for hydroxylation is 1. The van der Waals surface area contributed by atoms with E-state index in [0.29, 0.717) is 10.7 Å². The molecule has 0 saturated heterocycles. The summed E-state index contributed by atoms with van der Waals surface area (Å²) >= 11 is 4.52. The fourth-order valence-electron chi connectivity index (χ4n) is 1.67. The van der Waals surface area contributed by atoms with Gasteiger partial charge in [-0.15, -0.1) is 11.3 Å². The number of nitrogens with zero attached hydrogens (tertiary/aromatic N) is 2. The van der Waals surface area contributed by atoms with Gasteiger partial charge in [0, 0.05) is 23.1 Å². The van der Waals surface area contributed by atoms with Crippen LogP contribution in [0.4, 0.5) is 0 Å². The zero-order valence-electron chi connectivity index (χ0n) is 10.8. The molecule has 2 N–H and O–H groups in total. The van der Waals surface area contributed by atoms with Crippen LogP contribution in [0.15, 0.2) is 22.1 Å². The van der Waals surface area contributed by atoms with Crippen molar-refractivity contribution in [3.05, 3.63) is 38.5 Å². The predicted octanol–water partition coefficient (Wildman–Crippen LogP) is 2.43. The summed E-state index contributed by atoms with van der Waals surface area (Å²) in [6.45, 7) is 1.76. The molecule has 0 aliphatic rings. The first-order valence-electron chi connectivity index (χ1n) is 5.70. The maximum absolute atomic E-state index is 12.1. The van der Waals surface area contributed by atoms with Crippen molar-refractivity contribution in [2.45, 2.75) is 13.0 Å². The van der Waals surface area contributed by atoms with Gasteiger partial charge in [-0.1, -0.05) is 0 Å². The lowest BCUT2D eigenvalue weighted by molar-refractivity contribution is 0.0691. The Morgan fingerprint density at radius 3 is 2.75 bits per heavy atom. The molecule has 8 heteroatoms. The van der Waals surface area contributed by atoms with E-state index in [-0.39, 0.29) is 17.6 Å². The minimum atomic E-state index is -1.07. The number of carboxylic acids is 1. The number of carbonyl (C=O) groups excluding carboxylic acids is 1. The quantitative estimate of drug-likeness (QED) is 0.879. The topological polar surface area (TPSA) is 84.2 Å². The number of aromatic nitrogens is 2. The third kappa shape index (κ3) is 3.07. The number of hydrogen-bond donors (Lipinski definition) is 2. The lowest BCUT2D eigenvalue weighted by atomic mass is 10.3. The van der Waals surface area contributed by atoms with E-state index in [9.17, 15) is 9.59 Å². The normalized spacial score (nSPS) is 12.2. The van der Waals surface area contributed by atoms with Crippen LogP contribution in [0, 0.1) is 0 Å². The molecule has 0 fully saturated rings. The van der Waals surface area contributed by atoms with Crippen molar-refractivity contribution in [2.75, 3.05) is 0 Å². The zero-order chi connectivity index (χ0) is 14.9. The Balaban J connectivity index is 2.10. The largest absolute Gasteiger partial charge is 0.476 e. The Hall–Kier alpha value is -1.67. The molecule has 0 aliphatic heterocycles. The summed E-state index contributed by atoms with van der Waals surface area (Å²) in [5, 5.41) is 13.6. The molecule has 106 valence electrons. The van der Waals surface area contributed by atoms with Gasteiger partial charge in [0.15, 0.2) is 5.69 Å². The van der Waals surface area contributed by atoms with Gasteiger partial charge < -0.3 is 15.0 Å². The van der Waals surface area contributed by atoms with Crippen molar-refractivity contribution < 1.29 is 14.7 Å². The van der Waals surface area contributed by atoms with E-state index < -0.39 is 5.97 Å². The molecular weight excluding hydrogens is 346 g/mol. The molecule has 1 atom stereocenters. The second-order valence-electron chi connectivity index (χ2n) is 4.23. The highest BCUT2D eigenvalue weighted by Gasteiger charge is 2.18. The molecule has 0 bridgehead atoms. The monoisotopic (exact) mass is 357 g/mol. The van der Waals surface area contributed by atoms with Crippen LogP contribution in [-0.4, -0.2) is 26.5 Å². The molecule has 2 heterocycles. The summed E-state index contributed by atoms with van der Waals surface area (Å²) in [5.74, 6) is -1.31. The number of aromatic carboxylic acids is 1. The average molecular weight is 358 g/mol. The van der Waals surface area contributed by atoms with Gasteiger partial charge in [0.25, 0.3) is 5.91 Å². The molecule has 1 unspecified atom stereocenters. The number of carboxylic acid groups (broad SMARTS) is 1. The predicted molar refractivity (Wildman–Crippen MR) is 78.1 cm³/mol. The fraction of sp³-hybridized carbons (Fsp3) is 0.250. The molecule has 0 spiro atoms. The second kappa shape index (κ2) is 5.76. The SMILES string of the molecule is CC(NC(=O)c1cc(Br)cn1C)c1nc(C(=O)O)cs1. The molecule has 0 radical (unpaired) electrons. The van der Waals surface area contributed by atoms with Crippen molar-refractivity contribution in [1.82, 2.24) is 14.9 Å². The zero-order valence-corrected chi connectivity index (χ0v) is 13.2. The van der Waals surface area contributed by atoms with Gasteiger partial charge in [-0.25, -0.2) is 9.78 Å². The van der Waals surface area contributed by atoms with Crippen molar-refractivity contribution in [3.8, 4) is 0 Å². The van der Waals surface area contributed by atoms with Crippen LogP contribution >= 0.6 is 27.3 Å². The number of amides is 1. The second-order valence-corrected chi connectivity index (χ2v) is 6.03. The van der Waals surface area contributed by atoms with E-state index in [1.807, 2.05) is 0 Å². The number of carbonyl (C=O) groups is 2. The maximum atomic E-state index is 12.1. The van der Waals surface area contributed by atoms with Crippen LogP contribution in [-0.2, 0) is 7.05 Å². The minimum absolute atomic E-state index is 0.00675. The molecule has 1 amide bonds. The molecule has 2 rings (SSSR count). The summed E-state index contributed by atoms with van der Waals surface area (Å²) in [7, 11) is 1.77. The van der Waals surface area contributed by atoms with Crippen LogP contribution in [0.2, 0.25) is 0 Å². The maximum Gasteiger partial charge on any atom is 0.355 e. The number of halogens is 1. The van der Waals surface area contributed by atoms with Crippen molar-refractivity contribution in [1.29, 1.82) is 0 Å². The third-order valence-corrected chi connectivity index (χ3v) is 4.12. The number of nitrogens with one attached hydrogen (secondary N) is 1. The molecular formula is C12H12BrN3O3S. The smallest absolute Gasteiger partial charge is 0.355 e. The first-order chi connectivity index (χ1) is 9.38. The standard InChI is InChI=1S/C12H12BrN3O3S/c1-6(11-15-8(5-20-11)12(18)19)14-10(17)9-3-7(13)4-16(9)2/h3-6H,1-2H3,(H,14,17)(H,18,19).